The highest BCUT2D eigenvalue weighted by Crippen LogP contribution is 2.43. The van der Waals surface area contributed by atoms with Crippen molar-refractivity contribution in [3.05, 3.63) is 39.4 Å². The lowest BCUT2D eigenvalue weighted by Gasteiger charge is -2.24. The van der Waals surface area contributed by atoms with Gasteiger partial charge in [-0.2, -0.15) is 0 Å². The number of rotatable bonds is 5. The summed E-state index contributed by atoms with van der Waals surface area (Å²) in [5.41, 5.74) is -0.337. The van der Waals surface area contributed by atoms with Gasteiger partial charge in [-0.25, -0.2) is 13.6 Å². The quantitative estimate of drug-likeness (QED) is 0.794. The third kappa shape index (κ3) is 3.08. The predicted octanol–water partition coefficient (Wildman–Crippen LogP) is 2.42. The third-order valence-corrected chi connectivity index (χ3v) is 6.07. The summed E-state index contributed by atoms with van der Waals surface area (Å²) in [4.78, 5) is 25.9. The Labute approximate surface area is 164 Å². The summed E-state index contributed by atoms with van der Waals surface area (Å²) >= 11 is 0. The number of nitrogens with zero attached hydrogens (tertiary/aromatic N) is 2. The number of aryl methyl sites for hydroxylation is 1. The van der Waals surface area contributed by atoms with Crippen LogP contribution in [0.2, 0.25) is 0 Å². The SMILES string of the molecule is CN[C@H]1CN(c2c(F)cc3c(=O)c(C(=O)O)cn([C@@H]4C[C@@H]4F)c3c2C)C[C@H]1CF. The highest BCUT2D eigenvalue weighted by Gasteiger charge is 2.41. The lowest BCUT2D eigenvalue weighted by molar-refractivity contribution is 0.0694. The van der Waals surface area contributed by atoms with E-state index in [1.54, 1.807) is 18.9 Å². The Bertz CT molecular complexity index is 1040. The molecule has 1 aliphatic heterocycles. The summed E-state index contributed by atoms with van der Waals surface area (Å²) in [6.07, 6.45) is 0.210. The number of carboxylic acid groups (broad SMARTS) is 1. The number of likely N-dealkylation sites (N-methyl/N-ethyl adjacent to an activating group) is 1. The van der Waals surface area contributed by atoms with Gasteiger partial charge in [0, 0.05) is 43.1 Å². The summed E-state index contributed by atoms with van der Waals surface area (Å²) in [6.45, 7) is 1.78. The van der Waals surface area contributed by atoms with Crippen molar-refractivity contribution in [3.8, 4) is 0 Å². The van der Waals surface area contributed by atoms with E-state index in [2.05, 4.69) is 5.32 Å². The number of aromatic carboxylic acids is 1. The maximum atomic E-state index is 15.1. The van der Waals surface area contributed by atoms with Crippen LogP contribution in [0.1, 0.15) is 28.4 Å². The number of aromatic nitrogens is 1. The number of fused-ring (bicyclic) bond motifs is 1. The first-order valence-corrected chi connectivity index (χ1v) is 9.51. The number of carboxylic acids is 1. The number of hydrogen-bond acceptors (Lipinski definition) is 4. The van der Waals surface area contributed by atoms with Crippen LogP contribution in [0.4, 0.5) is 18.9 Å². The number of alkyl halides is 2. The predicted molar refractivity (Wildman–Crippen MR) is 103 cm³/mol. The molecule has 9 heteroatoms. The van der Waals surface area contributed by atoms with E-state index < -0.39 is 41.7 Å². The molecule has 4 rings (SSSR count). The van der Waals surface area contributed by atoms with Crippen molar-refractivity contribution in [2.24, 2.45) is 5.92 Å². The van der Waals surface area contributed by atoms with Crippen LogP contribution in [0.25, 0.3) is 10.9 Å². The molecule has 156 valence electrons. The van der Waals surface area contributed by atoms with Crippen molar-refractivity contribution in [2.75, 3.05) is 31.7 Å². The van der Waals surface area contributed by atoms with E-state index in [0.29, 0.717) is 24.2 Å². The zero-order valence-electron chi connectivity index (χ0n) is 16.1. The summed E-state index contributed by atoms with van der Waals surface area (Å²) in [5.74, 6) is -2.42. The summed E-state index contributed by atoms with van der Waals surface area (Å²) in [7, 11) is 1.72. The van der Waals surface area contributed by atoms with Crippen LogP contribution in [-0.2, 0) is 0 Å². The first-order valence-electron chi connectivity index (χ1n) is 9.51. The molecule has 2 heterocycles. The van der Waals surface area contributed by atoms with Crippen molar-refractivity contribution in [2.45, 2.75) is 31.6 Å². The molecule has 0 spiro atoms. The van der Waals surface area contributed by atoms with E-state index in [0.717, 1.165) is 12.3 Å². The van der Waals surface area contributed by atoms with E-state index in [-0.39, 0.29) is 29.5 Å². The van der Waals surface area contributed by atoms with Gasteiger partial charge >= 0.3 is 5.97 Å². The van der Waals surface area contributed by atoms with Crippen molar-refractivity contribution < 1.29 is 23.1 Å². The Balaban J connectivity index is 1.94. The number of halogens is 3. The molecule has 6 nitrogen and oxygen atoms in total. The Morgan fingerprint density at radius 3 is 2.59 bits per heavy atom. The van der Waals surface area contributed by atoms with Crippen LogP contribution in [0, 0.1) is 18.7 Å². The molecule has 0 bridgehead atoms. The largest absolute Gasteiger partial charge is 0.477 e. The molecule has 1 aromatic heterocycles. The van der Waals surface area contributed by atoms with Crippen molar-refractivity contribution in [1.82, 2.24) is 9.88 Å². The third-order valence-electron chi connectivity index (χ3n) is 6.07. The first-order chi connectivity index (χ1) is 13.8. The number of pyridine rings is 1. The summed E-state index contributed by atoms with van der Waals surface area (Å²) in [6, 6.07) is 0.288. The highest BCUT2D eigenvalue weighted by molar-refractivity contribution is 5.95. The molecule has 2 fully saturated rings. The Hall–Kier alpha value is -2.55. The van der Waals surface area contributed by atoms with Gasteiger partial charge in [-0.05, 0) is 25.6 Å². The minimum Gasteiger partial charge on any atom is -0.477 e. The number of anilines is 1. The minimum absolute atomic E-state index is 0.0887. The highest BCUT2D eigenvalue weighted by atomic mass is 19.1. The lowest BCUT2D eigenvalue weighted by Crippen LogP contribution is -2.34. The average molecular weight is 409 g/mol. The molecule has 1 saturated carbocycles. The van der Waals surface area contributed by atoms with Crippen LogP contribution in [0.5, 0.6) is 0 Å². The molecule has 0 radical (unpaired) electrons. The zero-order chi connectivity index (χ0) is 21.0. The topological polar surface area (TPSA) is 74.6 Å². The molecule has 29 heavy (non-hydrogen) atoms. The van der Waals surface area contributed by atoms with Crippen LogP contribution in [0.15, 0.2) is 17.1 Å². The van der Waals surface area contributed by atoms with Gasteiger partial charge in [0.1, 0.15) is 17.6 Å². The van der Waals surface area contributed by atoms with Gasteiger partial charge in [0.25, 0.3) is 0 Å². The van der Waals surface area contributed by atoms with Gasteiger partial charge in [-0.3, -0.25) is 9.18 Å². The average Bonchev–Trinajstić information content (AvgIpc) is 3.25. The molecule has 1 aliphatic carbocycles. The van der Waals surface area contributed by atoms with E-state index >= 15 is 4.39 Å². The van der Waals surface area contributed by atoms with Crippen molar-refractivity contribution in [3.63, 3.8) is 0 Å². The second-order valence-electron chi connectivity index (χ2n) is 7.85. The lowest BCUT2D eigenvalue weighted by atomic mass is 10.0. The Morgan fingerprint density at radius 2 is 2.07 bits per heavy atom. The van der Waals surface area contributed by atoms with Crippen LogP contribution >= 0.6 is 0 Å². The second kappa shape index (κ2) is 7.05. The van der Waals surface area contributed by atoms with Gasteiger partial charge in [0.05, 0.1) is 23.9 Å². The summed E-state index contributed by atoms with van der Waals surface area (Å²) < 4.78 is 43.8. The van der Waals surface area contributed by atoms with E-state index in [1.807, 2.05) is 0 Å². The smallest absolute Gasteiger partial charge is 0.341 e. The fourth-order valence-electron chi connectivity index (χ4n) is 4.45. The maximum absolute atomic E-state index is 15.1. The van der Waals surface area contributed by atoms with Gasteiger partial charge in [0.2, 0.25) is 5.43 Å². The Kier molecular flexibility index (Phi) is 4.80. The molecule has 4 atom stereocenters. The zero-order valence-corrected chi connectivity index (χ0v) is 16.1. The normalized spacial score (nSPS) is 26.3. The molecular weight excluding hydrogens is 387 g/mol. The fourth-order valence-corrected chi connectivity index (χ4v) is 4.45. The monoisotopic (exact) mass is 409 g/mol. The van der Waals surface area contributed by atoms with Crippen molar-refractivity contribution >= 4 is 22.6 Å². The number of nitrogens with one attached hydrogen (secondary N) is 1. The van der Waals surface area contributed by atoms with E-state index in [1.165, 1.54) is 4.57 Å². The molecule has 1 saturated heterocycles. The summed E-state index contributed by atoms with van der Waals surface area (Å²) in [5, 5.41) is 12.3. The van der Waals surface area contributed by atoms with Gasteiger partial charge < -0.3 is 19.9 Å². The van der Waals surface area contributed by atoms with Crippen LogP contribution in [-0.4, -0.2) is 54.7 Å². The molecule has 1 aromatic carbocycles. The first kappa shape index (κ1) is 19.8. The van der Waals surface area contributed by atoms with Crippen molar-refractivity contribution in [1.29, 1.82) is 0 Å². The second-order valence-corrected chi connectivity index (χ2v) is 7.85. The molecule has 0 amide bonds. The maximum Gasteiger partial charge on any atom is 0.341 e. The molecular formula is C20H22F3N3O3. The van der Waals surface area contributed by atoms with Gasteiger partial charge in [-0.15, -0.1) is 0 Å². The van der Waals surface area contributed by atoms with E-state index in [4.69, 9.17) is 0 Å². The molecule has 2 aliphatic rings. The van der Waals surface area contributed by atoms with Crippen LogP contribution in [0.3, 0.4) is 0 Å². The van der Waals surface area contributed by atoms with Crippen LogP contribution < -0.4 is 15.6 Å². The van der Waals surface area contributed by atoms with E-state index in [9.17, 15) is 23.5 Å². The molecule has 2 aromatic rings. The Morgan fingerprint density at radius 1 is 1.38 bits per heavy atom. The van der Waals surface area contributed by atoms with Gasteiger partial charge in [0.15, 0.2) is 0 Å². The molecule has 2 N–H and O–H groups in total. The fraction of sp³-hybridized carbons (Fsp3) is 0.500. The standard InChI is InChI=1S/C20H22F3N3O3/c1-9-17-11(19(27)12(20(28)29)7-26(17)16-4-13(16)22)3-14(23)18(9)25-6-10(5-21)15(8-25)24-2/h3,7,10,13,15-16,24H,4-6,8H2,1-2H3,(H,28,29)/t10-,13+,15+,16-/m1/s1. The minimum atomic E-state index is -1.44. The number of hydrogen-bond donors (Lipinski definition) is 2. The number of benzene rings is 1. The number of carbonyl (C=O) groups is 1. The van der Waals surface area contributed by atoms with Gasteiger partial charge in [-0.1, -0.05) is 0 Å². The molecule has 0 unspecified atom stereocenters.